The largest absolute Gasteiger partial charge is 0.465 e. The van der Waals surface area contributed by atoms with Crippen LogP contribution in [0.25, 0.3) is 11.1 Å². The molecule has 3 rings (SSSR count). The van der Waals surface area contributed by atoms with Gasteiger partial charge in [-0.1, -0.05) is 6.07 Å². The summed E-state index contributed by atoms with van der Waals surface area (Å²) in [5.74, 6) is -0.604. The Hall–Kier alpha value is -2.89. The van der Waals surface area contributed by atoms with Crippen molar-refractivity contribution < 1.29 is 14.3 Å². The Labute approximate surface area is 127 Å². The number of ether oxygens (including phenoxy) is 1. The van der Waals surface area contributed by atoms with Crippen molar-refractivity contribution in [3.05, 3.63) is 42.2 Å². The normalized spacial score (nSPS) is 16.3. The maximum atomic E-state index is 11.9. The number of amides is 1. The summed E-state index contributed by atoms with van der Waals surface area (Å²) in [5, 5.41) is 5.98. The molecular formula is C16H15N3O3. The minimum atomic E-state index is -0.458. The van der Waals surface area contributed by atoms with Crippen LogP contribution in [0.15, 0.2) is 36.7 Å². The maximum absolute atomic E-state index is 11.9. The van der Waals surface area contributed by atoms with Crippen molar-refractivity contribution in [3.63, 3.8) is 0 Å². The highest BCUT2D eigenvalue weighted by Gasteiger charge is 2.26. The molecular weight excluding hydrogens is 282 g/mol. The third-order valence-electron chi connectivity index (χ3n) is 3.54. The number of rotatable bonds is 2. The Morgan fingerprint density at radius 3 is 2.86 bits per heavy atom. The van der Waals surface area contributed by atoms with Gasteiger partial charge in [0, 0.05) is 23.5 Å². The molecule has 2 heterocycles. The standard InChI is InChI=1S/C16H15N3O3/c1-9-15(20)19-13-7-11(16(21)22-2)6-12(14(13)18-9)10-4-3-5-17-8-10/h3-9,18H,1-2H3,(H,19,20). The lowest BCUT2D eigenvalue weighted by atomic mass is 9.98. The Morgan fingerprint density at radius 1 is 1.36 bits per heavy atom. The lowest BCUT2D eigenvalue weighted by Crippen LogP contribution is -2.36. The second kappa shape index (κ2) is 5.48. The fraction of sp³-hybridized carbons (Fsp3) is 0.188. The predicted octanol–water partition coefficient (Wildman–Crippen LogP) is 2.29. The Bertz CT molecular complexity index is 744. The monoisotopic (exact) mass is 297 g/mol. The minimum absolute atomic E-state index is 0.147. The van der Waals surface area contributed by atoms with Crippen molar-refractivity contribution in [3.8, 4) is 11.1 Å². The van der Waals surface area contributed by atoms with Gasteiger partial charge in [0.1, 0.15) is 6.04 Å². The number of aromatic nitrogens is 1. The molecule has 0 bridgehead atoms. The molecule has 2 N–H and O–H groups in total. The van der Waals surface area contributed by atoms with Gasteiger partial charge in [0.25, 0.3) is 0 Å². The predicted molar refractivity (Wildman–Crippen MR) is 82.7 cm³/mol. The van der Waals surface area contributed by atoms with Crippen molar-refractivity contribution >= 4 is 23.3 Å². The Kier molecular flexibility index (Phi) is 3.50. The first kappa shape index (κ1) is 14.1. The average Bonchev–Trinajstić information content (AvgIpc) is 2.55. The quantitative estimate of drug-likeness (QED) is 0.831. The molecule has 6 heteroatoms. The van der Waals surface area contributed by atoms with Gasteiger partial charge < -0.3 is 15.4 Å². The van der Waals surface area contributed by atoms with Gasteiger partial charge in [-0.2, -0.15) is 0 Å². The lowest BCUT2D eigenvalue weighted by Gasteiger charge is -2.27. The SMILES string of the molecule is COC(=O)c1cc2c(c(-c3cccnc3)c1)NC(C)C(=O)N2. The van der Waals surface area contributed by atoms with Gasteiger partial charge in [-0.25, -0.2) is 4.79 Å². The number of fused-ring (bicyclic) bond motifs is 1. The molecule has 0 radical (unpaired) electrons. The number of nitrogens with zero attached hydrogens (tertiary/aromatic N) is 1. The molecule has 0 saturated heterocycles. The topological polar surface area (TPSA) is 80.3 Å². The zero-order chi connectivity index (χ0) is 15.7. The van der Waals surface area contributed by atoms with Crippen molar-refractivity contribution in [1.82, 2.24) is 4.98 Å². The molecule has 1 aliphatic rings. The number of carbonyl (C=O) groups is 2. The summed E-state index contributed by atoms with van der Waals surface area (Å²) in [7, 11) is 1.32. The maximum Gasteiger partial charge on any atom is 0.337 e. The van der Waals surface area contributed by atoms with Crippen molar-refractivity contribution in [1.29, 1.82) is 0 Å². The molecule has 0 spiro atoms. The zero-order valence-corrected chi connectivity index (χ0v) is 12.2. The number of anilines is 2. The fourth-order valence-electron chi connectivity index (χ4n) is 2.40. The van der Waals surface area contributed by atoms with Crippen LogP contribution in [0.2, 0.25) is 0 Å². The van der Waals surface area contributed by atoms with Crippen LogP contribution in [0.5, 0.6) is 0 Å². The van der Waals surface area contributed by atoms with Crippen LogP contribution >= 0.6 is 0 Å². The summed E-state index contributed by atoms with van der Waals surface area (Å²) in [6.45, 7) is 1.78. The molecule has 6 nitrogen and oxygen atoms in total. The smallest absolute Gasteiger partial charge is 0.337 e. The summed E-state index contributed by atoms with van der Waals surface area (Å²) in [6, 6.07) is 6.70. The molecule has 1 aromatic heterocycles. The Balaban J connectivity index is 2.21. The highest BCUT2D eigenvalue weighted by atomic mass is 16.5. The third kappa shape index (κ3) is 2.39. The van der Waals surface area contributed by atoms with E-state index in [0.29, 0.717) is 11.3 Å². The molecule has 2 aromatic rings. The lowest BCUT2D eigenvalue weighted by molar-refractivity contribution is -0.116. The molecule has 1 aliphatic heterocycles. The minimum Gasteiger partial charge on any atom is -0.465 e. The molecule has 0 fully saturated rings. The van der Waals surface area contributed by atoms with Crippen LogP contribution in [0.3, 0.4) is 0 Å². The van der Waals surface area contributed by atoms with Crippen LogP contribution in [-0.4, -0.2) is 30.0 Å². The van der Waals surface area contributed by atoms with Gasteiger partial charge in [0.15, 0.2) is 0 Å². The second-order valence-electron chi connectivity index (χ2n) is 5.03. The number of hydrogen-bond acceptors (Lipinski definition) is 5. The van der Waals surface area contributed by atoms with E-state index in [0.717, 1.165) is 16.8 Å². The van der Waals surface area contributed by atoms with Crippen molar-refractivity contribution in [2.75, 3.05) is 17.7 Å². The van der Waals surface area contributed by atoms with E-state index in [1.165, 1.54) is 7.11 Å². The summed E-state index contributed by atoms with van der Waals surface area (Å²) in [5.41, 5.74) is 3.34. The molecule has 112 valence electrons. The van der Waals surface area contributed by atoms with E-state index >= 15 is 0 Å². The van der Waals surface area contributed by atoms with E-state index in [9.17, 15) is 9.59 Å². The average molecular weight is 297 g/mol. The number of pyridine rings is 1. The highest BCUT2D eigenvalue weighted by molar-refractivity contribution is 6.08. The van der Waals surface area contributed by atoms with E-state index in [4.69, 9.17) is 4.74 Å². The van der Waals surface area contributed by atoms with Gasteiger partial charge in [0.05, 0.1) is 24.0 Å². The summed E-state index contributed by atoms with van der Waals surface area (Å²) in [6.07, 6.45) is 3.39. The van der Waals surface area contributed by atoms with E-state index < -0.39 is 5.97 Å². The zero-order valence-electron chi connectivity index (χ0n) is 12.2. The third-order valence-corrected chi connectivity index (χ3v) is 3.54. The van der Waals surface area contributed by atoms with Crippen LogP contribution in [0, 0.1) is 0 Å². The Morgan fingerprint density at radius 2 is 2.18 bits per heavy atom. The van der Waals surface area contributed by atoms with Crippen LogP contribution in [-0.2, 0) is 9.53 Å². The van der Waals surface area contributed by atoms with Gasteiger partial charge in [-0.15, -0.1) is 0 Å². The number of hydrogen-bond donors (Lipinski definition) is 2. The molecule has 1 unspecified atom stereocenters. The van der Waals surface area contributed by atoms with Crippen molar-refractivity contribution in [2.45, 2.75) is 13.0 Å². The molecule has 1 atom stereocenters. The molecule has 0 saturated carbocycles. The van der Waals surface area contributed by atoms with Crippen molar-refractivity contribution in [2.24, 2.45) is 0 Å². The van der Waals surface area contributed by atoms with Crippen LogP contribution < -0.4 is 10.6 Å². The number of methoxy groups -OCH3 is 1. The summed E-state index contributed by atoms with van der Waals surface area (Å²) >= 11 is 0. The molecule has 0 aliphatic carbocycles. The molecule has 1 aromatic carbocycles. The van der Waals surface area contributed by atoms with E-state index in [1.807, 2.05) is 12.1 Å². The van der Waals surface area contributed by atoms with Crippen LogP contribution in [0.4, 0.5) is 11.4 Å². The summed E-state index contributed by atoms with van der Waals surface area (Å²) < 4.78 is 4.78. The number of nitrogens with one attached hydrogen (secondary N) is 2. The first-order valence-electron chi connectivity index (χ1n) is 6.84. The van der Waals surface area contributed by atoms with Gasteiger partial charge in [0.2, 0.25) is 5.91 Å². The fourth-order valence-corrected chi connectivity index (χ4v) is 2.40. The second-order valence-corrected chi connectivity index (χ2v) is 5.03. The van der Waals surface area contributed by atoms with E-state index in [2.05, 4.69) is 15.6 Å². The van der Waals surface area contributed by atoms with Gasteiger partial charge in [-0.05, 0) is 25.1 Å². The summed E-state index contributed by atoms with van der Waals surface area (Å²) in [4.78, 5) is 27.8. The first-order valence-corrected chi connectivity index (χ1v) is 6.84. The van der Waals surface area contributed by atoms with E-state index in [1.54, 1.807) is 31.5 Å². The number of carbonyl (C=O) groups excluding carboxylic acids is 2. The van der Waals surface area contributed by atoms with Crippen LogP contribution in [0.1, 0.15) is 17.3 Å². The van der Waals surface area contributed by atoms with Gasteiger partial charge in [-0.3, -0.25) is 9.78 Å². The number of benzene rings is 1. The highest BCUT2D eigenvalue weighted by Crippen LogP contribution is 2.38. The van der Waals surface area contributed by atoms with Gasteiger partial charge >= 0.3 is 5.97 Å². The number of esters is 1. The first-order chi connectivity index (χ1) is 10.6. The molecule has 1 amide bonds. The molecule has 22 heavy (non-hydrogen) atoms. The van der Waals surface area contributed by atoms with E-state index in [-0.39, 0.29) is 11.9 Å².